The first-order valence-corrected chi connectivity index (χ1v) is 13.1. The summed E-state index contributed by atoms with van der Waals surface area (Å²) in [5.74, 6) is -1.60. The van der Waals surface area contributed by atoms with Crippen LogP contribution < -0.4 is 10.6 Å². The summed E-state index contributed by atoms with van der Waals surface area (Å²) in [6.45, 7) is 9.93. The summed E-state index contributed by atoms with van der Waals surface area (Å²) in [6.07, 6.45) is 2.01. The summed E-state index contributed by atoms with van der Waals surface area (Å²) in [7, 11) is 0. The predicted molar refractivity (Wildman–Crippen MR) is 133 cm³/mol. The van der Waals surface area contributed by atoms with Crippen molar-refractivity contribution in [1.82, 2.24) is 15.5 Å². The van der Waals surface area contributed by atoms with Crippen LogP contribution >= 0.6 is 11.8 Å². The molecule has 2 bridgehead atoms. The number of amides is 3. The van der Waals surface area contributed by atoms with Crippen LogP contribution in [-0.4, -0.2) is 61.5 Å². The third-order valence-electron chi connectivity index (χ3n) is 7.63. The topological polar surface area (TPSA) is 98.7 Å². The van der Waals surface area contributed by atoms with Crippen LogP contribution in [0.15, 0.2) is 30.3 Å². The van der Waals surface area contributed by atoms with E-state index in [1.807, 2.05) is 58.0 Å². The number of carbonyl (C=O) groups excluding carboxylic acids is 3. The summed E-state index contributed by atoms with van der Waals surface area (Å²) in [6, 6.07) is 8.55. The molecule has 3 aliphatic rings. The summed E-state index contributed by atoms with van der Waals surface area (Å²) in [4.78, 5) is 42.8. The van der Waals surface area contributed by atoms with E-state index >= 15 is 0 Å². The Kier molecular flexibility index (Phi) is 6.53. The smallest absolute Gasteiger partial charge is 0.244 e. The van der Waals surface area contributed by atoms with Crippen molar-refractivity contribution in [3.8, 4) is 0 Å². The number of nitrogens with one attached hydrogen (secondary N) is 2. The van der Waals surface area contributed by atoms with Crippen molar-refractivity contribution >= 4 is 29.5 Å². The number of aliphatic hydroxyl groups is 1. The maximum Gasteiger partial charge on any atom is 0.244 e. The van der Waals surface area contributed by atoms with Crippen molar-refractivity contribution < 1.29 is 19.5 Å². The molecule has 1 aromatic carbocycles. The summed E-state index contributed by atoms with van der Waals surface area (Å²) in [5.41, 5.74) is 0.540. The highest BCUT2D eigenvalue weighted by Crippen LogP contribution is 2.71. The van der Waals surface area contributed by atoms with Crippen LogP contribution in [-0.2, 0) is 20.9 Å². The molecule has 0 saturated carbocycles. The van der Waals surface area contributed by atoms with Crippen LogP contribution in [0.4, 0.5) is 0 Å². The first-order chi connectivity index (χ1) is 16.0. The van der Waals surface area contributed by atoms with E-state index in [2.05, 4.69) is 17.6 Å². The molecule has 3 N–H and O–H groups in total. The van der Waals surface area contributed by atoms with Gasteiger partial charge in [0.25, 0.3) is 0 Å². The summed E-state index contributed by atoms with van der Waals surface area (Å²) >= 11 is 1.65. The zero-order valence-corrected chi connectivity index (χ0v) is 21.6. The third-order valence-corrected chi connectivity index (χ3v) is 9.61. The highest BCUT2D eigenvalue weighted by Gasteiger charge is 2.77. The monoisotopic (exact) mass is 487 g/mol. The highest BCUT2D eigenvalue weighted by molar-refractivity contribution is 8.02. The minimum Gasteiger partial charge on any atom is -0.394 e. The van der Waals surface area contributed by atoms with Crippen molar-refractivity contribution in [3.63, 3.8) is 0 Å². The molecule has 8 heteroatoms. The molecular formula is C26H37N3O4S. The van der Waals surface area contributed by atoms with Gasteiger partial charge in [-0.1, -0.05) is 37.3 Å². The fraction of sp³-hybridized carbons (Fsp3) is 0.654. The van der Waals surface area contributed by atoms with Gasteiger partial charge in [-0.2, -0.15) is 0 Å². The van der Waals surface area contributed by atoms with Crippen molar-refractivity contribution in [3.05, 3.63) is 35.9 Å². The molecule has 0 radical (unpaired) electrons. The molecule has 1 aromatic rings. The number of rotatable bonds is 7. The van der Waals surface area contributed by atoms with Gasteiger partial charge in [0, 0.05) is 16.8 Å². The molecule has 6 atom stereocenters. The van der Waals surface area contributed by atoms with Gasteiger partial charge in [-0.25, -0.2) is 0 Å². The number of benzene rings is 1. The standard InChI is InChI=1S/C26H37N3O4S/c1-6-17(15-30)29-20(22(32)28-24(2,3)4)26-13-12-25(5,34-26)18(19(26)23(29)33)21(31)27-14-16-10-8-7-9-11-16/h7-11,17-20,30H,6,12-15H2,1-5H3,(H,27,31)(H,28,32)/t17-,18-,19-,20?,25+,26?/m0/s1. The van der Waals surface area contributed by atoms with Gasteiger partial charge in [0.1, 0.15) is 6.04 Å². The Labute approximate surface area is 206 Å². The Hall–Kier alpha value is -2.06. The number of nitrogens with zero attached hydrogens (tertiary/aromatic N) is 1. The maximum absolute atomic E-state index is 14.0. The van der Waals surface area contributed by atoms with Crippen molar-refractivity contribution in [2.45, 2.75) is 87.5 Å². The molecule has 3 fully saturated rings. The lowest BCUT2D eigenvalue weighted by Gasteiger charge is -2.38. The van der Waals surface area contributed by atoms with Gasteiger partial charge in [-0.05, 0) is 52.5 Å². The Balaban J connectivity index is 1.69. The molecule has 4 rings (SSSR count). The average molecular weight is 488 g/mol. The van der Waals surface area contributed by atoms with Crippen molar-refractivity contribution in [2.75, 3.05) is 6.61 Å². The fourth-order valence-electron chi connectivity index (χ4n) is 6.20. The zero-order valence-electron chi connectivity index (χ0n) is 20.8. The van der Waals surface area contributed by atoms with E-state index in [9.17, 15) is 19.5 Å². The number of hydrogen-bond donors (Lipinski definition) is 3. The van der Waals surface area contributed by atoms with E-state index in [4.69, 9.17) is 0 Å². The predicted octanol–water partition coefficient (Wildman–Crippen LogP) is 2.47. The van der Waals surface area contributed by atoms with Crippen LogP contribution in [0.1, 0.15) is 59.4 Å². The van der Waals surface area contributed by atoms with Gasteiger partial charge < -0.3 is 20.6 Å². The van der Waals surface area contributed by atoms with E-state index in [0.717, 1.165) is 12.0 Å². The molecule has 3 aliphatic heterocycles. The Morgan fingerprint density at radius 3 is 2.47 bits per heavy atom. The van der Waals surface area contributed by atoms with Crippen LogP contribution in [0, 0.1) is 11.8 Å². The quantitative estimate of drug-likeness (QED) is 0.549. The maximum atomic E-state index is 14.0. The molecule has 7 nitrogen and oxygen atoms in total. The number of carbonyl (C=O) groups is 3. The van der Waals surface area contributed by atoms with Gasteiger partial charge in [0.2, 0.25) is 17.7 Å². The largest absolute Gasteiger partial charge is 0.394 e. The number of likely N-dealkylation sites (tertiary alicyclic amines) is 1. The van der Waals surface area contributed by atoms with Crippen LogP contribution in [0.5, 0.6) is 0 Å². The fourth-order valence-corrected chi connectivity index (χ4v) is 8.55. The Morgan fingerprint density at radius 2 is 1.88 bits per heavy atom. The van der Waals surface area contributed by atoms with Gasteiger partial charge in [0.15, 0.2) is 0 Å². The second-order valence-electron chi connectivity index (χ2n) is 11.2. The van der Waals surface area contributed by atoms with Gasteiger partial charge in [-0.3, -0.25) is 14.4 Å². The molecule has 3 amide bonds. The lowest BCUT2D eigenvalue weighted by Crippen LogP contribution is -2.59. The number of hydrogen-bond acceptors (Lipinski definition) is 5. The van der Waals surface area contributed by atoms with E-state index in [1.165, 1.54) is 0 Å². The van der Waals surface area contributed by atoms with Crippen molar-refractivity contribution in [1.29, 1.82) is 0 Å². The Morgan fingerprint density at radius 1 is 1.21 bits per heavy atom. The SMILES string of the molecule is CC[C@@H](CO)N1C(=O)[C@@H]2[C@@H](C(=O)NCc3ccccc3)[C@@]3(C)CCC2(S3)C1C(=O)NC(C)(C)C. The second kappa shape index (κ2) is 8.86. The third kappa shape index (κ3) is 4.02. The molecule has 0 aromatic heterocycles. The molecule has 0 aliphatic carbocycles. The molecule has 34 heavy (non-hydrogen) atoms. The molecule has 3 heterocycles. The first-order valence-electron chi connectivity index (χ1n) is 12.2. The lowest BCUT2D eigenvalue weighted by atomic mass is 9.66. The van der Waals surface area contributed by atoms with E-state index in [1.54, 1.807) is 16.7 Å². The highest BCUT2D eigenvalue weighted by atomic mass is 32.2. The van der Waals surface area contributed by atoms with Gasteiger partial charge >= 0.3 is 0 Å². The minimum atomic E-state index is -0.708. The number of aliphatic hydroxyl groups excluding tert-OH is 1. The number of fused-ring (bicyclic) bond motifs is 1. The summed E-state index contributed by atoms with van der Waals surface area (Å²) < 4.78 is -1.08. The van der Waals surface area contributed by atoms with Gasteiger partial charge in [0.05, 0.1) is 29.2 Å². The lowest BCUT2D eigenvalue weighted by molar-refractivity contribution is -0.143. The summed E-state index contributed by atoms with van der Waals surface area (Å²) in [5, 5.41) is 16.2. The van der Waals surface area contributed by atoms with Gasteiger partial charge in [-0.15, -0.1) is 11.8 Å². The molecule has 186 valence electrons. The second-order valence-corrected chi connectivity index (χ2v) is 13.1. The minimum absolute atomic E-state index is 0.132. The molecule has 3 saturated heterocycles. The van der Waals surface area contributed by atoms with Crippen LogP contribution in [0.3, 0.4) is 0 Å². The van der Waals surface area contributed by atoms with Crippen molar-refractivity contribution in [2.24, 2.45) is 11.8 Å². The van der Waals surface area contributed by atoms with E-state index in [0.29, 0.717) is 19.4 Å². The van der Waals surface area contributed by atoms with E-state index in [-0.39, 0.29) is 24.3 Å². The first kappa shape index (κ1) is 25.0. The van der Waals surface area contributed by atoms with E-state index < -0.39 is 39.0 Å². The van der Waals surface area contributed by atoms with Crippen LogP contribution in [0.2, 0.25) is 0 Å². The molecular weight excluding hydrogens is 450 g/mol. The molecule has 2 unspecified atom stereocenters. The molecule has 1 spiro atoms. The normalized spacial score (nSPS) is 33.1. The zero-order chi connectivity index (χ0) is 24.9. The Bertz CT molecular complexity index is 961. The number of thioether (sulfide) groups is 1. The van der Waals surface area contributed by atoms with Crippen LogP contribution in [0.25, 0.3) is 0 Å². The average Bonchev–Trinajstić information content (AvgIpc) is 3.34.